The van der Waals surface area contributed by atoms with Gasteiger partial charge < -0.3 is 4.42 Å². The van der Waals surface area contributed by atoms with Gasteiger partial charge in [-0.25, -0.2) is 15.0 Å². The van der Waals surface area contributed by atoms with Gasteiger partial charge in [-0.2, -0.15) is 0 Å². The summed E-state index contributed by atoms with van der Waals surface area (Å²) in [7, 11) is 0. The number of hydrogen-bond acceptors (Lipinski definition) is 4. The Hall–Kier alpha value is -5.61. The molecule has 0 fully saturated rings. The van der Waals surface area contributed by atoms with Crippen molar-refractivity contribution >= 4 is 32.7 Å². The van der Waals surface area contributed by atoms with Crippen molar-refractivity contribution in [3.63, 3.8) is 0 Å². The molecule has 0 aliphatic rings. The number of benzene rings is 6. The molecular formula is C37H23N3O. The second kappa shape index (κ2) is 9.54. The van der Waals surface area contributed by atoms with Crippen LogP contribution in [0, 0.1) is 0 Å². The molecule has 0 saturated heterocycles. The van der Waals surface area contributed by atoms with E-state index < -0.39 is 0 Å². The normalized spacial score (nSPS) is 11.4. The fraction of sp³-hybridized carbons (Fsp3) is 0. The maximum absolute atomic E-state index is 6.32. The molecule has 0 spiro atoms. The van der Waals surface area contributed by atoms with Gasteiger partial charge in [-0.05, 0) is 40.1 Å². The van der Waals surface area contributed by atoms with Crippen LogP contribution in [0.4, 0.5) is 0 Å². The van der Waals surface area contributed by atoms with Gasteiger partial charge in [0.25, 0.3) is 0 Å². The Labute approximate surface area is 236 Å². The fourth-order valence-corrected chi connectivity index (χ4v) is 5.58. The summed E-state index contributed by atoms with van der Waals surface area (Å²) in [5.74, 6) is 1.88. The molecule has 0 atom stereocenters. The zero-order chi connectivity index (χ0) is 27.2. The monoisotopic (exact) mass is 525 g/mol. The highest BCUT2D eigenvalue weighted by molar-refractivity contribution is 6.12. The van der Waals surface area contributed by atoms with Crippen LogP contribution in [0.15, 0.2) is 144 Å². The molecule has 8 aromatic rings. The van der Waals surface area contributed by atoms with E-state index in [1.165, 1.54) is 0 Å². The van der Waals surface area contributed by atoms with E-state index in [9.17, 15) is 0 Å². The molecule has 4 nitrogen and oxygen atoms in total. The van der Waals surface area contributed by atoms with Crippen molar-refractivity contribution in [2.75, 3.05) is 0 Å². The Balaban J connectivity index is 1.40. The molecule has 0 unspecified atom stereocenters. The molecule has 0 amide bonds. The highest BCUT2D eigenvalue weighted by Crippen LogP contribution is 2.38. The Morgan fingerprint density at radius 3 is 1.85 bits per heavy atom. The van der Waals surface area contributed by atoms with Crippen molar-refractivity contribution in [3.05, 3.63) is 140 Å². The van der Waals surface area contributed by atoms with Gasteiger partial charge in [0.15, 0.2) is 17.5 Å². The lowest BCUT2D eigenvalue weighted by molar-refractivity contribution is 0.669. The Bertz CT molecular complexity index is 2200. The van der Waals surface area contributed by atoms with Gasteiger partial charge in [-0.1, -0.05) is 121 Å². The minimum Gasteiger partial charge on any atom is -0.456 e. The van der Waals surface area contributed by atoms with Gasteiger partial charge in [0.1, 0.15) is 11.2 Å². The molecule has 41 heavy (non-hydrogen) atoms. The molecule has 0 bridgehead atoms. The first-order chi connectivity index (χ1) is 20.3. The lowest BCUT2D eigenvalue weighted by atomic mass is 10.0. The van der Waals surface area contributed by atoms with Crippen LogP contribution in [-0.4, -0.2) is 15.0 Å². The number of nitrogens with zero attached hydrogens (tertiary/aromatic N) is 3. The fourth-order valence-electron chi connectivity index (χ4n) is 5.58. The van der Waals surface area contributed by atoms with E-state index in [1.54, 1.807) is 0 Å². The zero-order valence-corrected chi connectivity index (χ0v) is 22.0. The Morgan fingerprint density at radius 2 is 1.02 bits per heavy atom. The second-order valence-electron chi connectivity index (χ2n) is 10.1. The van der Waals surface area contributed by atoms with Crippen LogP contribution >= 0.6 is 0 Å². The van der Waals surface area contributed by atoms with E-state index in [2.05, 4.69) is 84.9 Å². The third-order valence-electron chi connectivity index (χ3n) is 7.54. The highest BCUT2D eigenvalue weighted by atomic mass is 16.3. The Morgan fingerprint density at radius 1 is 0.390 bits per heavy atom. The van der Waals surface area contributed by atoms with E-state index in [1.807, 2.05) is 54.6 Å². The van der Waals surface area contributed by atoms with Crippen LogP contribution < -0.4 is 0 Å². The van der Waals surface area contributed by atoms with E-state index in [4.69, 9.17) is 19.4 Å². The first-order valence-corrected chi connectivity index (χ1v) is 13.6. The standard InChI is InChI=1S/C37H23N3O/c1-3-11-24(12-4-1)27-21-22-32-31(23-27)34-30(19-10-20-33(34)41-32)37-39-35(26-14-5-2-6-15-26)38-36(40-37)29-18-9-16-25-13-7-8-17-28(25)29/h1-23H. The smallest absolute Gasteiger partial charge is 0.164 e. The summed E-state index contributed by atoms with van der Waals surface area (Å²) in [5.41, 5.74) is 6.74. The van der Waals surface area contributed by atoms with Gasteiger partial charge in [0, 0.05) is 27.5 Å². The van der Waals surface area contributed by atoms with E-state index in [-0.39, 0.29) is 0 Å². The number of furan rings is 1. The number of rotatable bonds is 4. The van der Waals surface area contributed by atoms with Crippen molar-refractivity contribution in [2.45, 2.75) is 0 Å². The minimum atomic E-state index is 0.611. The molecule has 0 N–H and O–H groups in total. The summed E-state index contributed by atoms with van der Waals surface area (Å²) in [6, 6.07) is 47.5. The maximum Gasteiger partial charge on any atom is 0.164 e. The SMILES string of the molecule is c1ccc(-c2ccc3oc4cccc(-c5nc(-c6ccccc6)nc(-c6cccc7ccccc67)n5)c4c3c2)cc1. The summed E-state index contributed by atoms with van der Waals surface area (Å²) in [4.78, 5) is 15.1. The topological polar surface area (TPSA) is 51.8 Å². The predicted molar refractivity (Wildman–Crippen MR) is 166 cm³/mol. The van der Waals surface area contributed by atoms with Crippen molar-refractivity contribution in [3.8, 4) is 45.3 Å². The van der Waals surface area contributed by atoms with Crippen molar-refractivity contribution in [2.24, 2.45) is 0 Å². The lowest BCUT2D eigenvalue weighted by Crippen LogP contribution is -2.00. The molecule has 0 aliphatic carbocycles. The van der Waals surface area contributed by atoms with Crippen LogP contribution in [0.2, 0.25) is 0 Å². The zero-order valence-electron chi connectivity index (χ0n) is 22.0. The molecule has 4 heteroatoms. The summed E-state index contributed by atoms with van der Waals surface area (Å²) in [6.07, 6.45) is 0. The minimum absolute atomic E-state index is 0.611. The number of hydrogen-bond donors (Lipinski definition) is 0. The van der Waals surface area contributed by atoms with Crippen LogP contribution in [0.5, 0.6) is 0 Å². The first kappa shape index (κ1) is 23.3. The molecular weight excluding hydrogens is 502 g/mol. The highest BCUT2D eigenvalue weighted by Gasteiger charge is 2.19. The maximum atomic E-state index is 6.32. The van der Waals surface area contributed by atoms with Crippen LogP contribution in [0.1, 0.15) is 0 Å². The molecule has 192 valence electrons. The van der Waals surface area contributed by atoms with Gasteiger partial charge in [0.2, 0.25) is 0 Å². The third-order valence-corrected chi connectivity index (χ3v) is 7.54. The van der Waals surface area contributed by atoms with Crippen molar-refractivity contribution in [1.29, 1.82) is 0 Å². The molecule has 0 aliphatic heterocycles. The van der Waals surface area contributed by atoms with Gasteiger partial charge in [-0.3, -0.25) is 0 Å². The molecule has 0 radical (unpaired) electrons. The van der Waals surface area contributed by atoms with Crippen LogP contribution in [0.3, 0.4) is 0 Å². The van der Waals surface area contributed by atoms with Gasteiger partial charge in [-0.15, -0.1) is 0 Å². The lowest BCUT2D eigenvalue weighted by Gasteiger charge is -2.11. The third kappa shape index (κ3) is 4.05. The van der Waals surface area contributed by atoms with Crippen LogP contribution in [-0.2, 0) is 0 Å². The molecule has 2 heterocycles. The van der Waals surface area contributed by atoms with E-state index >= 15 is 0 Å². The average Bonchev–Trinajstić information content (AvgIpc) is 3.43. The van der Waals surface area contributed by atoms with Crippen molar-refractivity contribution < 1.29 is 4.42 Å². The summed E-state index contributed by atoms with van der Waals surface area (Å²) in [5, 5.41) is 4.27. The quantitative estimate of drug-likeness (QED) is 0.230. The molecule has 0 saturated carbocycles. The number of fused-ring (bicyclic) bond motifs is 4. The van der Waals surface area contributed by atoms with E-state index in [0.717, 1.165) is 60.5 Å². The van der Waals surface area contributed by atoms with Gasteiger partial charge in [0.05, 0.1) is 0 Å². The first-order valence-electron chi connectivity index (χ1n) is 13.6. The summed E-state index contributed by atoms with van der Waals surface area (Å²) in [6.45, 7) is 0. The van der Waals surface area contributed by atoms with Gasteiger partial charge >= 0.3 is 0 Å². The Kier molecular flexibility index (Phi) is 5.42. The van der Waals surface area contributed by atoms with Crippen molar-refractivity contribution in [1.82, 2.24) is 15.0 Å². The summed E-state index contributed by atoms with van der Waals surface area (Å²) >= 11 is 0. The molecule has 8 rings (SSSR count). The molecule has 6 aromatic carbocycles. The second-order valence-corrected chi connectivity index (χ2v) is 10.1. The molecule has 2 aromatic heterocycles. The number of aromatic nitrogens is 3. The van der Waals surface area contributed by atoms with E-state index in [0.29, 0.717) is 17.5 Å². The average molecular weight is 526 g/mol. The predicted octanol–water partition coefficient (Wildman–Crippen LogP) is 9.59. The largest absolute Gasteiger partial charge is 0.456 e. The van der Waals surface area contributed by atoms with Crippen LogP contribution in [0.25, 0.3) is 78.0 Å². The summed E-state index contributed by atoms with van der Waals surface area (Å²) < 4.78 is 6.32.